The Hall–Kier alpha value is -2.68. The van der Waals surface area contributed by atoms with Crippen molar-refractivity contribution in [2.75, 3.05) is 19.7 Å². The second-order valence-electron chi connectivity index (χ2n) is 8.13. The highest BCUT2D eigenvalue weighted by molar-refractivity contribution is 7.89. The lowest BCUT2D eigenvalue weighted by Gasteiger charge is -2.29. The molecule has 0 fully saturated rings. The molecule has 1 aliphatic rings. The first-order chi connectivity index (χ1) is 15.3. The summed E-state index contributed by atoms with van der Waals surface area (Å²) in [7, 11) is -3.78. The molecule has 0 saturated heterocycles. The zero-order valence-electron chi connectivity index (χ0n) is 18.2. The maximum Gasteiger partial charge on any atom is 0.407 e. The van der Waals surface area contributed by atoms with Crippen molar-refractivity contribution in [3.05, 3.63) is 78.4 Å². The summed E-state index contributed by atoms with van der Waals surface area (Å²) in [6.07, 6.45) is 0.582. The molecule has 1 amide bonds. The van der Waals surface area contributed by atoms with Crippen molar-refractivity contribution in [3.63, 3.8) is 0 Å². The van der Waals surface area contributed by atoms with Gasteiger partial charge in [-0.25, -0.2) is 13.2 Å². The van der Waals surface area contributed by atoms with Gasteiger partial charge in [0, 0.05) is 13.1 Å². The second-order valence-corrected chi connectivity index (χ2v) is 10.0. The fourth-order valence-electron chi connectivity index (χ4n) is 3.94. The number of nitrogens with one attached hydrogen (secondary N) is 1. The van der Waals surface area contributed by atoms with Gasteiger partial charge in [0.05, 0.1) is 17.0 Å². The van der Waals surface area contributed by atoms with Crippen molar-refractivity contribution < 1.29 is 23.1 Å². The summed E-state index contributed by atoms with van der Waals surface area (Å²) in [5, 5.41) is 13.7. The number of sulfonamides is 1. The van der Waals surface area contributed by atoms with Crippen LogP contribution in [0.4, 0.5) is 4.79 Å². The molecule has 0 spiro atoms. The predicted molar refractivity (Wildman–Crippen MR) is 123 cm³/mol. The molecule has 172 valence electrons. The SMILES string of the molecule is C=CCOC(=O)N[C@@H](Cc1ccccc1)[C@H](O)CN1C[C@@H](C)Cc2ccccc2S1(=O)=O. The fourth-order valence-corrected chi connectivity index (χ4v) is 5.75. The van der Waals surface area contributed by atoms with E-state index in [0.29, 0.717) is 12.8 Å². The van der Waals surface area contributed by atoms with E-state index in [9.17, 15) is 18.3 Å². The zero-order chi connectivity index (χ0) is 23.1. The Labute approximate surface area is 189 Å². The number of amides is 1. The van der Waals surface area contributed by atoms with Gasteiger partial charge in [0.25, 0.3) is 0 Å². The summed E-state index contributed by atoms with van der Waals surface area (Å²) in [6.45, 7) is 5.69. The second kappa shape index (κ2) is 10.8. The first-order valence-electron chi connectivity index (χ1n) is 10.7. The highest BCUT2D eigenvalue weighted by Gasteiger charge is 2.35. The number of β-amino-alcohol motifs (C(OH)–C–C–N with tert-alkyl or cyclic N) is 1. The van der Waals surface area contributed by atoms with E-state index in [0.717, 1.165) is 11.1 Å². The number of carbonyl (C=O) groups excluding carboxylic acids is 1. The van der Waals surface area contributed by atoms with Crippen molar-refractivity contribution in [3.8, 4) is 0 Å². The Morgan fingerprint density at radius 2 is 1.94 bits per heavy atom. The Balaban J connectivity index is 1.82. The minimum absolute atomic E-state index is 0.0365. The van der Waals surface area contributed by atoms with Crippen LogP contribution < -0.4 is 5.32 Å². The Morgan fingerprint density at radius 1 is 1.25 bits per heavy atom. The van der Waals surface area contributed by atoms with E-state index < -0.39 is 28.3 Å². The van der Waals surface area contributed by atoms with E-state index in [1.165, 1.54) is 10.4 Å². The molecule has 32 heavy (non-hydrogen) atoms. The highest BCUT2D eigenvalue weighted by atomic mass is 32.2. The van der Waals surface area contributed by atoms with E-state index in [2.05, 4.69) is 11.9 Å². The van der Waals surface area contributed by atoms with E-state index >= 15 is 0 Å². The third-order valence-corrected chi connectivity index (χ3v) is 7.40. The lowest BCUT2D eigenvalue weighted by atomic mass is 10.00. The van der Waals surface area contributed by atoms with Crippen LogP contribution in [0.1, 0.15) is 18.1 Å². The van der Waals surface area contributed by atoms with Crippen molar-refractivity contribution in [2.24, 2.45) is 5.92 Å². The van der Waals surface area contributed by atoms with Gasteiger partial charge in [-0.05, 0) is 36.0 Å². The average molecular weight is 459 g/mol. The molecule has 7 nitrogen and oxygen atoms in total. The van der Waals surface area contributed by atoms with Gasteiger partial charge in [0.15, 0.2) is 0 Å². The molecular formula is C24H30N2O5S. The maximum absolute atomic E-state index is 13.3. The van der Waals surface area contributed by atoms with E-state index in [1.54, 1.807) is 12.1 Å². The number of fused-ring (bicyclic) bond motifs is 1. The fraction of sp³-hybridized carbons (Fsp3) is 0.375. The topological polar surface area (TPSA) is 95.9 Å². The van der Waals surface area contributed by atoms with Gasteiger partial charge in [0.2, 0.25) is 10.0 Å². The molecule has 3 atom stereocenters. The molecule has 1 aliphatic heterocycles. The van der Waals surface area contributed by atoms with Gasteiger partial charge >= 0.3 is 6.09 Å². The smallest absolute Gasteiger partial charge is 0.407 e. The molecule has 1 heterocycles. The summed E-state index contributed by atoms with van der Waals surface area (Å²) in [5.74, 6) is 0.0821. The zero-order valence-corrected chi connectivity index (χ0v) is 19.0. The number of hydrogen-bond donors (Lipinski definition) is 2. The number of nitrogens with zero attached hydrogens (tertiary/aromatic N) is 1. The van der Waals surface area contributed by atoms with Gasteiger partial charge in [0.1, 0.15) is 6.61 Å². The summed E-state index contributed by atoms with van der Waals surface area (Å²) < 4.78 is 33.0. The van der Waals surface area contributed by atoms with Crippen molar-refractivity contribution in [2.45, 2.75) is 36.8 Å². The van der Waals surface area contributed by atoms with Crippen molar-refractivity contribution in [1.82, 2.24) is 9.62 Å². The van der Waals surface area contributed by atoms with Gasteiger partial charge in [-0.15, -0.1) is 0 Å². The number of aliphatic hydroxyl groups is 1. The van der Waals surface area contributed by atoms with E-state index in [4.69, 9.17) is 4.74 Å². The highest BCUT2D eigenvalue weighted by Crippen LogP contribution is 2.28. The largest absolute Gasteiger partial charge is 0.445 e. The number of ether oxygens (including phenoxy) is 1. The minimum atomic E-state index is -3.78. The molecular weight excluding hydrogens is 428 g/mol. The van der Waals surface area contributed by atoms with Crippen LogP contribution in [0, 0.1) is 5.92 Å². The van der Waals surface area contributed by atoms with Gasteiger partial charge in [-0.1, -0.05) is 68.1 Å². The maximum atomic E-state index is 13.3. The van der Waals surface area contributed by atoms with Crippen LogP contribution in [0.5, 0.6) is 0 Å². The first kappa shape index (κ1) is 24.0. The summed E-state index contributed by atoms with van der Waals surface area (Å²) in [5.41, 5.74) is 1.68. The summed E-state index contributed by atoms with van der Waals surface area (Å²) in [4.78, 5) is 12.4. The monoisotopic (exact) mass is 458 g/mol. The third-order valence-electron chi connectivity index (χ3n) is 5.46. The van der Waals surface area contributed by atoms with E-state index in [-0.39, 0.29) is 30.5 Å². The molecule has 8 heteroatoms. The molecule has 0 saturated carbocycles. The van der Waals surface area contributed by atoms with Crippen LogP contribution in [0.25, 0.3) is 0 Å². The molecule has 0 unspecified atom stereocenters. The summed E-state index contributed by atoms with van der Waals surface area (Å²) in [6, 6.07) is 15.6. The first-order valence-corrected chi connectivity index (χ1v) is 12.1. The Kier molecular flexibility index (Phi) is 8.06. The number of rotatable bonds is 8. The van der Waals surface area contributed by atoms with Gasteiger partial charge in [-0.2, -0.15) is 4.31 Å². The number of benzene rings is 2. The predicted octanol–water partition coefficient (Wildman–Crippen LogP) is 2.75. The third kappa shape index (κ3) is 5.97. The number of aliphatic hydroxyl groups excluding tert-OH is 1. The minimum Gasteiger partial charge on any atom is -0.445 e. The molecule has 0 aromatic heterocycles. The summed E-state index contributed by atoms with van der Waals surface area (Å²) >= 11 is 0. The molecule has 2 N–H and O–H groups in total. The molecule has 0 radical (unpaired) electrons. The molecule has 0 bridgehead atoms. The van der Waals surface area contributed by atoms with Gasteiger partial charge in [-0.3, -0.25) is 0 Å². The molecule has 2 aromatic rings. The lowest BCUT2D eigenvalue weighted by molar-refractivity contribution is 0.0919. The average Bonchev–Trinajstić information content (AvgIpc) is 2.86. The normalized spacial score (nSPS) is 19.8. The Morgan fingerprint density at radius 3 is 2.66 bits per heavy atom. The number of alkyl carbamates (subject to hydrolysis) is 1. The molecule has 2 aromatic carbocycles. The van der Waals surface area contributed by atoms with Crippen LogP contribution in [0.15, 0.2) is 72.1 Å². The van der Waals surface area contributed by atoms with Gasteiger partial charge < -0.3 is 15.2 Å². The molecule has 3 rings (SSSR count). The van der Waals surface area contributed by atoms with Crippen LogP contribution in [-0.2, 0) is 27.6 Å². The lowest BCUT2D eigenvalue weighted by Crippen LogP contribution is -2.51. The van der Waals surface area contributed by atoms with Crippen molar-refractivity contribution >= 4 is 16.1 Å². The van der Waals surface area contributed by atoms with Crippen molar-refractivity contribution in [1.29, 1.82) is 0 Å². The van der Waals surface area contributed by atoms with E-state index in [1.807, 2.05) is 49.4 Å². The van der Waals surface area contributed by atoms with Crippen LogP contribution >= 0.6 is 0 Å². The molecule has 0 aliphatic carbocycles. The number of hydrogen-bond acceptors (Lipinski definition) is 5. The van der Waals surface area contributed by atoms with Crippen LogP contribution in [-0.4, -0.2) is 55.8 Å². The van der Waals surface area contributed by atoms with Crippen LogP contribution in [0.3, 0.4) is 0 Å². The van der Waals surface area contributed by atoms with Crippen LogP contribution in [0.2, 0.25) is 0 Å². The standard InChI is InChI=1S/C24H30N2O5S/c1-3-13-31-24(28)25-21(15-19-9-5-4-6-10-19)22(27)17-26-16-18(2)14-20-11-7-8-12-23(20)32(26,29)30/h3-12,18,21-22,27H,1,13-17H2,2H3,(H,25,28)/t18-,21-,22+/m0/s1. The number of carbonyl (C=O) groups is 1. The Bertz CT molecular complexity index is 1030. The quantitative estimate of drug-likeness (QED) is 0.593.